The van der Waals surface area contributed by atoms with Crippen molar-refractivity contribution in [1.29, 1.82) is 5.41 Å². The number of hydrogen-bond donors (Lipinski definition) is 2. The maximum Gasteiger partial charge on any atom is 0.144 e. The number of hydrogen-bond acceptors (Lipinski definition) is 3. The lowest BCUT2D eigenvalue weighted by molar-refractivity contribution is 0.673. The van der Waals surface area contributed by atoms with Crippen LogP contribution in [0.15, 0.2) is 120 Å². The molecule has 0 radical (unpaired) electrons. The van der Waals surface area contributed by atoms with Crippen LogP contribution < -0.4 is 5.32 Å². The van der Waals surface area contributed by atoms with Gasteiger partial charge in [-0.1, -0.05) is 84.9 Å². The Morgan fingerprint density at radius 1 is 0.756 bits per heavy atom. The van der Waals surface area contributed by atoms with Crippen LogP contribution in [0.4, 0.5) is 0 Å². The average Bonchev–Trinajstić information content (AvgIpc) is 3.41. The number of fused-ring (bicyclic) bond motifs is 10. The van der Waals surface area contributed by atoms with E-state index in [4.69, 9.17) is 9.83 Å². The highest BCUT2D eigenvalue weighted by atomic mass is 16.3. The molecule has 41 heavy (non-hydrogen) atoms. The molecule has 0 fully saturated rings. The first-order valence-corrected chi connectivity index (χ1v) is 14.0. The van der Waals surface area contributed by atoms with Crippen molar-refractivity contribution in [2.24, 2.45) is 0 Å². The van der Waals surface area contributed by atoms with Gasteiger partial charge in [-0.15, -0.1) is 0 Å². The molecule has 1 aromatic heterocycles. The van der Waals surface area contributed by atoms with Crippen molar-refractivity contribution in [1.82, 2.24) is 5.32 Å². The van der Waals surface area contributed by atoms with E-state index in [1.165, 1.54) is 38.7 Å². The van der Waals surface area contributed by atoms with E-state index in [-0.39, 0.29) is 0 Å². The molecule has 7 rings (SSSR count). The first-order valence-electron chi connectivity index (χ1n) is 14.0. The number of rotatable bonds is 6. The van der Waals surface area contributed by atoms with E-state index in [9.17, 15) is 0 Å². The van der Waals surface area contributed by atoms with Crippen LogP contribution in [0.5, 0.6) is 0 Å². The molecule has 7 aromatic rings. The molecule has 0 aliphatic carbocycles. The molecule has 0 aliphatic heterocycles. The Labute approximate surface area is 238 Å². The average molecular weight is 531 g/mol. The highest BCUT2D eigenvalue weighted by Gasteiger charge is 2.20. The summed E-state index contributed by atoms with van der Waals surface area (Å²) in [4.78, 5) is 0. The van der Waals surface area contributed by atoms with Crippen LogP contribution in [0.1, 0.15) is 18.1 Å². The highest BCUT2D eigenvalue weighted by molar-refractivity contribution is 6.34. The first-order chi connectivity index (χ1) is 20.2. The third-order valence-corrected chi connectivity index (χ3v) is 8.11. The Morgan fingerprint density at radius 2 is 1.41 bits per heavy atom. The van der Waals surface area contributed by atoms with Gasteiger partial charge in [-0.05, 0) is 92.9 Å². The summed E-state index contributed by atoms with van der Waals surface area (Å²) in [5.41, 5.74) is 7.52. The van der Waals surface area contributed by atoms with Gasteiger partial charge in [0.1, 0.15) is 11.2 Å². The fraction of sp³-hybridized carbons (Fsp3) is 0.0789. The van der Waals surface area contributed by atoms with Crippen LogP contribution >= 0.6 is 0 Å². The van der Waals surface area contributed by atoms with E-state index >= 15 is 0 Å². The van der Waals surface area contributed by atoms with E-state index in [0.29, 0.717) is 0 Å². The fourth-order valence-electron chi connectivity index (χ4n) is 6.34. The zero-order valence-electron chi connectivity index (χ0n) is 23.2. The Bertz CT molecular complexity index is 2200. The van der Waals surface area contributed by atoms with Gasteiger partial charge in [0, 0.05) is 35.1 Å². The number of benzene rings is 6. The lowest BCUT2D eigenvalue weighted by Crippen LogP contribution is -2.05. The summed E-state index contributed by atoms with van der Waals surface area (Å²) in [6, 6.07) is 34.9. The molecule has 0 saturated heterocycles. The maximum absolute atomic E-state index is 7.42. The van der Waals surface area contributed by atoms with Crippen molar-refractivity contribution in [2.75, 3.05) is 7.05 Å². The predicted molar refractivity (Wildman–Crippen MR) is 176 cm³/mol. The van der Waals surface area contributed by atoms with Crippen LogP contribution in [-0.2, 0) is 6.42 Å². The summed E-state index contributed by atoms with van der Waals surface area (Å²) in [6.07, 6.45) is 8.01. The summed E-state index contributed by atoms with van der Waals surface area (Å²) in [7, 11) is 1.96. The van der Waals surface area contributed by atoms with Gasteiger partial charge in [0.15, 0.2) is 0 Å². The fourth-order valence-corrected chi connectivity index (χ4v) is 6.34. The molecule has 1 heterocycles. The highest BCUT2D eigenvalue weighted by Crippen LogP contribution is 2.46. The topological polar surface area (TPSA) is 49.0 Å². The van der Waals surface area contributed by atoms with Crippen molar-refractivity contribution >= 4 is 66.2 Å². The van der Waals surface area contributed by atoms with Gasteiger partial charge in [-0.25, -0.2) is 0 Å². The monoisotopic (exact) mass is 530 g/mol. The third kappa shape index (κ3) is 4.01. The van der Waals surface area contributed by atoms with Crippen LogP contribution in [0.2, 0.25) is 0 Å². The van der Waals surface area contributed by atoms with Crippen LogP contribution in [0.3, 0.4) is 0 Å². The molecule has 0 unspecified atom stereocenters. The van der Waals surface area contributed by atoms with E-state index < -0.39 is 0 Å². The molecule has 6 aromatic carbocycles. The normalized spacial score (nSPS) is 12.4. The van der Waals surface area contributed by atoms with Crippen LogP contribution in [0, 0.1) is 5.41 Å². The van der Waals surface area contributed by atoms with E-state index in [2.05, 4.69) is 109 Å². The second-order valence-corrected chi connectivity index (χ2v) is 10.4. The van der Waals surface area contributed by atoms with Gasteiger partial charge in [0.25, 0.3) is 0 Å². The molecule has 0 saturated carbocycles. The van der Waals surface area contributed by atoms with Gasteiger partial charge in [0.2, 0.25) is 0 Å². The molecule has 0 atom stereocenters. The van der Waals surface area contributed by atoms with Gasteiger partial charge in [-0.2, -0.15) is 0 Å². The summed E-state index contributed by atoms with van der Waals surface area (Å²) in [5, 5.41) is 20.3. The van der Waals surface area contributed by atoms with Crippen molar-refractivity contribution in [2.45, 2.75) is 13.3 Å². The molecule has 3 nitrogen and oxygen atoms in total. The van der Waals surface area contributed by atoms with Crippen molar-refractivity contribution in [3.05, 3.63) is 126 Å². The predicted octanol–water partition coefficient (Wildman–Crippen LogP) is 10.0. The second kappa shape index (κ2) is 10.1. The standard InChI is InChI=1S/C38H30N2O/c1-3-34(40-2)26-21-24(12-10-11-19-39)20-25(22-26)32-23-33-29-15-5-4-13-27(29)28-14-6-7-16-30(28)36(33)38-37(32)31-17-8-9-18-35(31)41-38/h3-11,13-23,39-40H,12H2,1-2H3/b11-10-,34-3-,39-19?. The largest absolute Gasteiger partial charge is 0.455 e. The zero-order chi connectivity index (χ0) is 27.9. The molecule has 2 N–H and O–H groups in total. The molecular weight excluding hydrogens is 500 g/mol. The molecule has 3 heteroatoms. The van der Waals surface area contributed by atoms with Crippen LogP contribution in [-0.4, -0.2) is 13.3 Å². The smallest absolute Gasteiger partial charge is 0.144 e. The first kappa shape index (κ1) is 24.9. The third-order valence-electron chi connectivity index (χ3n) is 8.11. The Morgan fingerprint density at radius 3 is 2.12 bits per heavy atom. The molecule has 0 spiro atoms. The zero-order valence-corrected chi connectivity index (χ0v) is 23.2. The minimum Gasteiger partial charge on any atom is -0.455 e. The number of allylic oxidation sites excluding steroid dienone is 3. The lowest BCUT2D eigenvalue weighted by Gasteiger charge is -2.16. The van der Waals surface area contributed by atoms with Gasteiger partial charge >= 0.3 is 0 Å². The Balaban J connectivity index is 1.67. The van der Waals surface area contributed by atoms with Gasteiger partial charge in [-0.3, -0.25) is 0 Å². The summed E-state index contributed by atoms with van der Waals surface area (Å²) in [5.74, 6) is 0. The van der Waals surface area contributed by atoms with Crippen molar-refractivity contribution < 1.29 is 4.42 Å². The van der Waals surface area contributed by atoms with Gasteiger partial charge < -0.3 is 15.1 Å². The molecular formula is C38H30N2O. The van der Waals surface area contributed by atoms with E-state index in [0.717, 1.165) is 56.1 Å². The quantitative estimate of drug-likeness (QED) is 0.166. The maximum atomic E-state index is 7.42. The van der Waals surface area contributed by atoms with Crippen molar-refractivity contribution in [3.8, 4) is 11.1 Å². The minimum absolute atomic E-state index is 0.743. The summed E-state index contributed by atoms with van der Waals surface area (Å²) in [6.45, 7) is 2.06. The van der Waals surface area contributed by atoms with E-state index in [1.54, 1.807) is 6.08 Å². The van der Waals surface area contributed by atoms with Crippen LogP contribution in [0.25, 0.3) is 71.1 Å². The number of para-hydroxylation sites is 1. The lowest BCUT2D eigenvalue weighted by atomic mass is 9.88. The minimum atomic E-state index is 0.743. The SMILES string of the molecule is C/C=C(\NC)c1cc(C/C=C\C=N)cc(-c2cc3c4ccccc4c4ccccc4c3c3oc4ccccc4c23)c1. The number of furan rings is 1. The number of nitrogens with one attached hydrogen (secondary N) is 2. The molecule has 198 valence electrons. The molecule has 0 aliphatic rings. The Hall–Kier alpha value is -5.15. The molecule has 0 bridgehead atoms. The Kier molecular flexibility index (Phi) is 6.13. The van der Waals surface area contributed by atoms with Gasteiger partial charge in [0.05, 0.1) is 0 Å². The summed E-state index contributed by atoms with van der Waals surface area (Å²) < 4.78 is 6.75. The summed E-state index contributed by atoms with van der Waals surface area (Å²) >= 11 is 0. The second-order valence-electron chi connectivity index (χ2n) is 10.4. The van der Waals surface area contributed by atoms with E-state index in [1.807, 2.05) is 19.2 Å². The van der Waals surface area contributed by atoms with Crippen molar-refractivity contribution in [3.63, 3.8) is 0 Å². The molecule has 0 amide bonds.